The number of likely N-dealkylation sites (tertiary alicyclic amines) is 1. The molecule has 31 heavy (non-hydrogen) atoms. The van der Waals surface area contributed by atoms with Crippen LogP contribution < -0.4 is 5.32 Å². The number of carbonyl (C=O) groups is 1. The molecule has 3 aromatic rings. The minimum Gasteiger partial charge on any atom is -0.444 e. The van der Waals surface area contributed by atoms with Gasteiger partial charge in [0.15, 0.2) is 0 Å². The van der Waals surface area contributed by atoms with Crippen LogP contribution in [0.25, 0.3) is 0 Å². The largest absolute Gasteiger partial charge is 0.444 e. The number of nitrogens with one attached hydrogen (secondary N) is 1. The maximum Gasteiger partial charge on any atom is 0.411 e. The Bertz CT molecular complexity index is 975. The van der Waals surface area contributed by atoms with Gasteiger partial charge in [-0.2, -0.15) is 0 Å². The quantitative estimate of drug-likeness (QED) is 0.585. The first kappa shape index (κ1) is 21.0. The topological polar surface area (TPSA) is 74.7 Å². The standard InChI is InChI=1S/C25H27N3O3/c29-17-20-5-7-21(8-6-20)18-31-25(30)27-23-11-9-19(10-12-23)16-28-14-2-4-24(28)22-3-1-13-26-15-22/h1,3,5-13,15,24,29H,2,4,14,16-18H2,(H,27,30). The second-order valence-corrected chi connectivity index (χ2v) is 7.79. The average Bonchev–Trinajstić information content (AvgIpc) is 3.28. The number of rotatable bonds is 7. The zero-order valence-electron chi connectivity index (χ0n) is 17.4. The van der Waals surface area contributed by atoms with Crippen LogP contribution in [-0.4, -0.2) is 27.6 Å². The highest BCUT2D eigenvalue weighted by Crippen LogP contribution is 2.32. The number of hydrogen-bond acceptors (Lipinski definition) is 5. The van der Waals surface area contributed by atoms with Gasteiger partial charge < -0.3 is 9.84 Å². The lowest BCUT2D eigenvalue weighted by atomic mass is 10.1. The maximum absolute atomic E-state index is 12.1. The second kappa shape index (κ2) is 10.2. The SMILES string of the molecule is O=C(Nc1ccc(CN2CCCC2c2cccnc2)cc1)OCc1ccc(CO)cc1. The molecule has 160 valence electrons. The van der Waals surface area contributed by atoms with Crippen LogP contribution in [0.1, 0.15) is 41.1 Å². The van der Waals surface area contributed by atoms with Crippen molar-refractivity contribution in [1.29, 1.82) is 0 Å². The normalized spacial score (nSPS) is 16.2. The third-order valence-electron chi connectivity index (χ3n) is 5.59. The fourth-order valence-electron chi connectivity index (χ4n) is 3.94. The Labute approximate surface area is 182 Å². The van der Waals surface area contributed by atoms with Crippen molar-refractivity contribution in [3.05, 3.63) is 95.3 Å². The summed E-state index contributed by atoms with van der Waals surface area (Å²) in [5, 5.41) is 11.8. The van der Waals surface area contributed by atoms with Crippen LogP contribution in [0.5, 0.6) is 0 Å². The minimum absolute atomic E-state index is 0.000498. The molecule has 0 saturated carbocycles. The van der Waals surface area contributed by atoms with E-state index in [2.05, 4.69) is 21.3 Å². The smallest absolute Gasteiger partial charge is 0.411 e. The highest BCUT2D eigenvalue weighted by molar-refractivity contribution is 5.84. The summed E-state index contributed by atoms with van der Waals surface area (Å²) in [6.07, 6.45) is 5.62. The van der Waals surface area contributed by atoms with Crippen molar-refractivity contribution < 1.29 is 14.6 Å². The summed E-state index contributed by atoms with van der Waals surface area (Å²) >= 11 is 0. The van der Waals surface area contributed by atoms with Gasteiger partial charge >= 0.3 is 6.09 Å². The molecule has 6 heteroatoms. The average molecular weight is 418 g/mol. The predicted molar refractivity (Wildman–Crippen MR) is 119 cm³/mol. The number of benzene rings is 2. The first-order valence-electron chi connectivity index (χ1n) is 10.6. The fourth-order valence-corrected chi connectivity index (χ4v) is 3.94. The van der Waals surface area contributed by atoms with E-state index in [1.165, 1.54) is 17.5 Å². The first-order chi connectivity index (χ1) is 15.2. The van der Waals surface area contributed by atoms with Crippen LogP contribution in [0.15, 0.2) is 73.1 Å². The predicted octanol–water partition coefficient (Wildman–Crippen LogP) is 4.66. The molecule has 4 rings (SSSR count). The fraction of sp³-hybridized carbons (Fsp3) is 0.280. The van der Waals surface area contributed by atoms with Crippen LogP contribution >= 0.6 is 0 Å². The summed E-state index contributed by atoms with van der Waals surface area (Å²) in [5.41, 5.74) is 4.88. The summed E-state index contributed by atoms with van der Waals surface area (Å²) in [7, 11) is 0. The number of ether oxygens (including phenoxy) is 1. The number of hydrogen-bond donors (Lipinski definition) is 2. The number of carbonyl (C=O) groups excluding carboxylic acids is 1. The van der Waals surface area contributed by atoms with Gasteiger partial charge in [-0.15, -0.1) is 0 Å². The molecule has 2 N–H and O–H groups in total. The van der Waals surface area contributed by atoms with Gasteiger partial charge in [-0.1, -0.05) is 42.5 Å². The Morgan fingerprint density at radius 2 is 1.81 bits per heavy atom. The van der Waals surface area contributed by atoms with Gasteiger partial charge in [-0.25, -0.2) is 4.79 Å². The minimum atomic E-state index is -0.491. The van der Waals surface area contributed by atoms with E-state index >= 15 is 0 Å². The lowest BCUT2D eigenvalue weighted by Gasteiger charge is -2.24. The van der Waals surface area contributed by atoms with E-state index < -0.39 is 6.09 Å². The summed E-state index contributed by atoms with van der Waals surface area (Å²) in [6.45, 7) is 2.12. The Kier molecular flexibility index (Phi) is 6.92. The van der Waals surface area contributed by atoms with Gasteiger partial charge in [-0.3, -0.25) is 15.2 Å². The summed E-state index contributed by atoms with van der Waals surface area (Å²) < 4.78 is 5.28. The van der Waals surface area contributed by atoms with Crippen molar-refractivity contribution in [2.75, 3.05) is 11.9 Å². The zero-order valence-corrected chi connectivity index (χ0v) is 17.4. The molecule has 2 heterocycles. The van der Waals surface area contributed by atoms with Crippen molar-refractivity contribution >= 4 is 11.8 Å². The van der Waals surface area contributed by atoms with E-state index in [1.807, 2.05) is 67.0 Å². The molecule has 1 saturated heterocycles. The number of pyridine rings is 1. The maximum atomic E-state index is 12.1. The molecule has 1 amide bonds. The molecule has 1 fully saturated rings. The Hall–Kier alpha value is -3.22. The molecular weight excluding hydrogens is 390 g/mol. The molecular formula is C25H27N3O3. The highest BCUT2D eigenvalue weighted by Gasteiger charge is 2.25. The van der Waals surface area contributed by atoms with Crippen molar-refractivity contribution in [2.45, 2.75) is 38.6 Å². The van der Waals surface area contributed by atoms with E-state index in [9.17, 15) is 4.79 Å². The molecule has 1 unspecified atom stereocenters. The molecule has 1 aliphatic heterocycles. The van der Waals surface area contributed by atoms with Gasteiger partial charge in [0.1, 0.15) is 6.61 Å². The van der Waals surface area contributed by atoms with Crippen LogP contribution in [0.4, 0.5) is 10.5 Å². The molecule has 0 bridgehead atoms. The Morgan fingerprint density at radius 1 is 1.06 bits per heavy atom. The van der Waals surface area contributed by atoms with Crippen LogP contribution in [0.2, 0.25) is 0 Å². The number of aliphatic hydroxyl groups is 1. The molecule has 0 spiro atoms. The van der Waals surface area contributed by atoms with Gasteiger partial charge in [-0.05, 0) is 59.8 Å². The molecule has 0 radical (unpaired) electrons. The first-order valence-corrected chi connectivity index (χ1v) is 10.6. The number of amides is 1. The molecule has 1 aliphatic rings. The van der Waals surface area contributed by atoms with Crippen LogP contribution in [0, 0.1) is 0 Å². The van der Waals surface area contributed by atoms with E-state index in [4.69, 9.17) is 9.84 Å². The van der Waals surface area contributed by atoms with E-state index in [0.717, 1.165) is 30.6 Å². The lowest BCUT2D eigenvalue weighted by Crippen LogP contribution is -2.22. The van der Waals surface area contributed by atoms with E-state index in [-0.39, 0.29) is 13.2 Å². The molecule has 1 aromatic heterocycles. The molecule has 1 atom stereocenters. The summed E-state index contributed by atoms with van der Waals surface area (Å²) in [4.78, 5) is 18.8. The van der Waals surface area contributed by atoms with Crippen molar-refractivity contribution in [1.82, 2.24) is 9.88 Å². The van der Waals surface area contributed by atoms with Crippen molar-refractivity contribution in [2.24, 2.45) is 0 Å². The monoisotopic (exact) mass is 417 g/mol. The van der Waals surface area contributed by atoms with Crippen LogP contribution in [-0.2, 0) is 24.5 Å². The number of aliphatic hydroxyl groups excluding tert-OH is 1. The van der Waals surface area contributed by atoms with Crippen molar-refractivity contribution in [3.63, 3.8) is 0 Å². The highest BCUT2D eigenvalue weighted by atomic mass is 16.5. The number of nitrogens with zero attached hydrogens (tertiary/aromatic N) is 2. The van der Waals surface area contributed by atoms with Gasteiger partial charge in [0.25, 0.3) is 0 Å². The molecule has 2 aromatic carbocycles. The zero-order chi connectivity index (χ0) is 21.5. The van der Waals surface area contributed by atoms with Crippen LogP contribution in [0.3, 0.4) is 0 Å². The second-order valence-electron chi connectivity index (χ2n) is 7.79. The lowest BCUT2D eigenvalue weighted by molar-refractivity contribution is 0.155. The summed E-state index contributed by atoms with van der Waals surface area (Å²) in [5.74, 6) is 0. The third kappa shape index (κ3) is 5.69. The van der Waals surface area contributed by atoms with Gasteiger partial charge in [0.2, 0.25) is 0 Å². The third-order valence-corrected chi connectivity index (χ3v) is 5.59. The molecule has 0 aliphatic carbocycles. The summed E-state index contributed by atoms with van der Waals surface area (Å²) in [6, 6.07) is 19.8. The Morgan fingerprint density at radius 3 is 2.52 bits per heavy atom. The van der Waals surface area contributed by atoms with Gasteiger partial charge in [0, 0.05) is 30.7 Å². The number of aromatic nitrogens is 1. The Balaban J connectivity index is 1.28. The van der Waals surface area contributed by atoms with Crippen molar-refractivity contribution in [3.8, 4) is 0 Å². The van der Waals surface area contributed by atoms with E-state index in [0.29, 0.717) is 11.7 Å². The molecule has 6 nitrogen and oxygen atoms in total. The number of anilines is 1. The van der Waals surface area contributed by atoms with E-state index in [1.54, 1.807) is 0 Å². The van der Waals surface area contributed by atoms with Gasteiger partial charge in [0.05, 0.1) is 6.61 Å².